The fraction of sp³-hybridized carbons (Fsp3) is 0.750. The van der Waals surface area contributed by atoms with Crippen molar-refractivity contribution in [2.75, 3.05) is 7.05 Å². The fourth-order valence-corrected chi connectivity index (χ4v) is 3.22. The van der Waals surface area contributed by atoms with Gasteiger partial charge in [-0.2, -0.15) is 0 Å². The average Bonchev–Trinajstić information content (AvgIpc) is 2.38. The van der Waals surface area contributed by atoms with Crippen molar-refractivity contribution in [1.29, 1.82) is 0 Å². The molecule has 0 saturated heterocycles. The highest BCUT2D eigenvalue weighted by Gasteiger charge is 2.59. The van der Waals surface area contributed by atoms with Crippen molar-refractivity contribution in [3.05, 3.63) is 16.7 Å². The van der Waals surface area contributed by atoms with Crippen LogP contribution in [0.25, 0.3) is 0 Å². The van der Waals surface area contributed by atoms with Crippen LogP contribution in [0, 0.1) is 21.7 Å². The largest absolute Gasteiger partial charge is 0.294 e. The lowest BCUT2D eigenvalue weighted by Crippen LogP contribution is -2.45. The standard InChI is InChI=1S/C12H18N2O2/c1-11(2)8-5-6-12(11,3)10(15)7-9(8)14(4)13-16/h7-8H,5-6H2,1-4H3/t8-,12-/m0/s1. The third-order valence-electron chi connectivity index (χ3n) is 4.90. The van der Waals surface area contributed by atoms with Crippen molar-refractivity contribution in [3.8, 4) is 0 Å². The number of ketones is 1. The third-order valence-corrected chi connectivity index (χ3v) is 4.90. The summed E-state index contributed by atoms with van der Waals surface area (Å²) in [5, 5.41) is 4.22. The molecule has 0 aromatic rings. The first-order valence-corrected chi connectivity index (χ1v) is 5.67. The van der Waals surface area contributed by atoms with Crippen LogP contribution in [-0.2, 0) is 4.79 Å². The van der Waals surface area contributed by atoms with E-state index in [1.807, 2.05) is 6.92 Å². The molecule has 2 atom stereocenters. The topological polar surface area (TPSA) is 49.7 Å². The maximum atomic E-state index is 12.2. The van der Waals surface area contributed by atoms with Gasteiger partial charge in [-0.25, -0.2) is 5.01 Å². The number of hydrogen-bond donors (Lipinski definition) is 0. The molecule has 2 aliphatic carbocycles. The molecule has 0 heterocycles. The van der Waals surface area contributed by atoms with E-state index in [1.165, 1.54) is 5.01 Å². The smallest absolute Gasteiger partial charge is 0.163 e. The number of allylic oxidation sites excluding steroid dienone is 2. The third kappa shape index (κ3) is 1.13. The van der Waals surface area contributed by atoms with Gasteiger partial charge in [-0.15, -0.1) is 4.91 Å². The van der Waals surface area contributed by atoms with Gasteiger partial charge in [0.15, 0.2) is 5.78 Å². The molecule has 2 aliphatic rings. The molecule has 0 unspecified atom stereocenters. The summed E-state index contributed by atoms with van der Waals surface area (Å²) in [6.45, 7) is 6.28. The van der Waals surface area contributed by atoms with Crippen molar-refractivity contribution in [2.45, 2.75) is 33.6 Å². The van der Waals surface area contributed by atoms with E-state index < -0.39 is 0 Å². The van der Waals surface area contributed by atoms with Crippen molar-refractivity contribution in [3.63, 3.8) is 0 Å². The Bertz CT molecular complexity index is 386. The monoisotopic (exact) mass is 222 g/mol. The molecule has 16 heavy (non-hydrogen) atoms. The minimum Gasteiger partial charge on any atom is -0.294 e. The average molecular weight is 222 g/mol. The van der Waals surface area contributed by atoms with Gasteiger partial charge in [0.2, 0.25) is 0 Å². The zero-order valence-electron chi connectivity index (χ0n) is 10.3. The van der Waals surface area contributed by atoms with Gasteiger partial charge in [-0.1, -0.05) is 20.8 Å². The molecule has 88 valence electrons. The summed E-state index contributed by atoms with van der Waals surface area (Å²) in [7, 11) is 1.61. The molecule has 0 spiro atoms. The van der Waals surface area contributed by atoms with E-state index in [4.69, 9.17) is 0 Å². The Morgan fingerprint density at radius 2 is 2.06 bits per heavy atom. The zero-order chi connectivity index (χ0) is 12.1. The van der Waals surface area contributed by atoms with Crippen molar-refractivity contribution < 1.29 is 4.79 Å². The van der Waals surface area contributed by atoms with Crippen LogP contribution >= 0.6 is 0 Å². The first-order valence-electron chi connectivity index (χ1n) is 5.67. The van der Waals surface area contributed by atoms with Gasteiger partial charge < -0.3 is 0 Å². The second-order valence-corrected chi connectivity index (χ2v) is 5.68. The Morgan fingerprint density at radius 1 is 1.44 bits per heavy atom. The Balaban J connectivity index is 2.51. The van der Waals surface area contributed by atoms with Gasteiger partial charge in [-0.3, -0.25) is 4.79 Å². The van der Waals surface area contributed by atoms with Crippen molar-refractivity contribution >= 4 is 5.78 Å². The Hall–Kier alpha value is -1.19. The summed E-state index contributed by atoms with van der Waals surface area (Å²) in [6.07, 6.45) is 3.47. The van der Waals surface area contributed by atoms with E-state index in [9.17, 15) is 9.70 Å². The predicted molar refractivity (Wildman–Crippen MR) is 61.3 cm³/mol. The lowest BCUT2D eigenvalue weighted by Gasteiger charge is -2.44. The molecule has 0 amide bonds. The molecule has 0 aromatic heterocycles. The van der Waals surface area contributed by atoms with E-state index in [0.29, 0.717) is 0 Å². The van der Waals surface area contributed by atoms with Crippen LogP contribution in [0.15, 0.2) is 17.1 Å². The summed E-state index contributed by atoms with van der Waals surface area (Å²) >= 11 is 0. The molecule has 2 rings (SSSR count). The highest BCUT2D eigenvalue weighted by atomic mass is 16.3. The number of fused-ring (bicyclic) bond motifs is 2. The van der Waals surface area contributed by atoms with Crippen molar-refractivity contribution in [1.82, 2.24) is 5.01 Å². The number of carbonyl (C=O) groups excluding carboxylic acids is 1. The van der Waals surface area contributed by atoms with Crippen LogP contribution in [-0.4, -0.2) is 17.8 Å². The molecule has 0 N–H and O–H groups in total. The lowest BCUT2D eigenvalue weighted by molar-refractivity contribution is -0.129. The zero-order valence-corrected chi connectivity index (χ0v) is 10.3. The SMILES string of the molecule is CN(N=O)C1=CC(=O)[C@]2(C)CC[C@@H]1C2(C)C. The summed E-state index contributed by atoms with van der Waals surface area (Å²) in [5.74, 6) is 0.398. The molecule has 2 bridgehead atoms. The highest BCUT2D eigenvalue weighted by Crippen LogP contribution is 2.61. The molecule has 0 aliphatic heterocycles. The molecule has 4 heteroatoms. The van der Waals surface area contributed by atoms with Gasteiger partial charge >= 0.3 is 0 Å². The second-order valence-electron chi connectivity index (χ2n) is 5.68. The molecule has 1 saturated carbocycles. The first kappa shape index (κ1) is 11.3. The molecule has 1 fully saturated rings. The fourth-order valence-electron chi connectivity index (χ4n) is 3.22. The number of hydrogen-bond acceptors (Lipinski definition) is 3. The summed E-state index contributed by atoms with van der Waals surface area (Å²) in [5.41, 5.74) is 0.415. The quantitative estimate of drug-likeness (QED) is 0.533. The summed E-state index contributed by atoms with van der Waals surface area (Å²) < 4.78 is 0. The van der Waals surface area contributed by atoms with Gasteiger partial charge in [0.1, 0.15) is 0 Å². The van der Waals surface area contributed by atoms with Gasteiger partial charge in [0.25, 0.3) is 0 Å². The highest BCUT2D eigenvalue weighted by molar-refractivity contribution is 5.97. The maximum absolute atomic E-state index is 12.2. The number of rotatable bonds is 2. The van der Waals surface area contributed by atoms with Crippen LogP contribution in [0.2, 0.25) is 0 Å². The van der Waals surface area contributed by atoms with Crippen LogP contribution in [0.3, 0.4) is 0 Å². The first-order chi connectivity index (χ1) is 7.34. The predicted octanol–water partition coefficient (Wildman–Crippen LogP) is 2.51. The van der Waals surface area contributed by atoms with E-state index in [2.05, 4.69) is 19.1 Å². The Morgan fingerprint density at radius 3 is 2.62 bits per heavy atom. The van der Waals surface area contributed by atoms with Gasteiger partial charge in [0, 0.05) is 30.2 Å². The molecular weight excluding hydrogens is 204 g/mol. The van der Waals surface area contributed by atoms with Crippen LogP contribution in [0.4, 0.5) is 0 Å². The minimum atomic E-state index is -0.273. The van der Waals surface area contributed by atoms with Crippen LogP contribution < -0.4 is 0 Å². The number of carbonyl (C=O) groups is 1. The molecule has 0 aromatic carbocycles. The van der Waals surface area contributed by atoms with E-state index in [0.717, 1.165) is 18.5 Å². The lowest BCUT2D eigenvalue weighted by atomic mass is 9.60. The van der Waals surface area contributed by atoms with Crippen LogP contribution in [0.5, 0.6) is 0 Å². The summed E-state index contributed by atoms with van der Waals surface area (Å²) in [4.78, 5) is 22.8. The van der Waals surface area contributed by atoms with Gasteiger partial charge in [-0.05, 0) is 18.3 Å². The Labute approximate surface area is 95.6 Å². The van der Waals surface area contributed by atoms with E-state index in [1.54, 1.807) is 13.1 Å². The second kappa shape index (κ2) is 3.15. The van der Waals surface area contributed by atoms with Crippen molar-refractivity contribution in [2.24, 2.45) is 22.0 Å². The van der Waals surface area contributed by atoms with E-state index >= 15 is 0 Å². The summed E-state index contributed by atoms with van der Waals surface area (Å²) in [6, 6.07) is 0. The Kier molecular flexibility index (Phi) is 2.23. The van der Waals surface area contributed by atoms with Crippen LogP contribution in [0.1, 0.15) is 33.6 Å². The van der Waals surface area contributed by atoms with E-state index in [-0.39, 0.29) is 22.5 Å². The molecule has 0 radical (unpaired) electrons. The minimum absolute atomic E-state index is 0.0902. The maximum Gasteiger partial charge on any atom is 0.163 e. The normalized spacial score (nSPS) is 35.9. The number of nitroso groups, excluding NO2 is 1. The molecule has 4 nitrogen and oxygen atoms in total. The number of nitrogens with zero attached hydrogens (tertiary/aromatic N) is 2. The molecular formula is C12H18N2O2. The van der Waals surface area contributed by atoms with Gasteiger partial charge in [0.05, 0.1) is 5.29 Å².